The van der Waals surface area contributed by atoms with E-state index in [0.29, 0.717) is 19.8 Å². The molecule has 2 aromatic rings. The molecule has 0 amide bonds. The van der Waals surface area contributed by atoms with Crippen LogP contribution in [0, 0.1) is 0 Å². The molecule has 136 valence electrons. The Morgan fingerprint density at radius 3 is 2.64 bits per heavy atom. The molecule has 0 spiro atoms. The third-order valence-electron chi connectivity index (χ3n) is 4.62. The van der Waals surface area contributed by atoms with Gasteiger partial charge in [0.05, 0.1) is 12.2 Å². The van der Waals surface area contributed by atoms with Gasteiger partial charge in [-0.2, -0.15) is 5.10 Å². The van der Waals surface area contributed by atoms with Crippen molar-refractivity contribution in [1.82, 2.24) is 19.5 Å². The predicted molar refractivity (Wildman–Crippen MR) is 93.8 cm³/mol. The maximum Gasteiger partial charge on any atom is 0.243 e. The van der Waals surface area contributed by atoms with E-state index in [0.717, 1.165) is 18.4 Å². The summed E-state index contributed by atoms with van der Waals surface area (Å²) in [4.78, 5) is 4.20. The number of nitrogens with one attached hydrogen (secondary N) is 1. The molecule has 1 saturated heterocycles. The average molecular weight is 364 g/mol. The molecular formula is C17H24N4O3S. The van der Waals surface area contributed by atoms with E-state index in [2.05, 4.69) is 14.8 Å². The van der Waals surface area contributed by atoms with E-state index in [1.54, 1.807) is 23.3 Å². The lowest BCUT2D eigenvalue weighted by Crippen LogP contribution is -2.36. The van der Waals surface area contributed by atoms with Gasteiger partial charge >= 0.3 is 0 Å². The van der Waals surface area contributed by atoms with Crippen molar-refractivity contribution in [3.8, 4) is 0 Å². The topological polar surface area (TPSA) is 86.1 Å². The number of sulfonamides is 1. The number of aromatic nitrogens is 3. The summed E-state index contributed by atoms with van der Waals surface area (Å²) in [6.07, 6.45) is 8.15. The smallest absolute Gasteiger partial charge is 0.243 e. The first-order valence-electron chi connectivity index (χ1n) is 8.40. The normalized spacial score (nSPS) is 16.9. The molecule has 0 aliphatic carbocycles. The third-order valence-corrected chi connectivity index (χ3v) is 5.97. The molecular weight excluding hydrogens is 340 g/mol. The second kappa shape index (κ2) is 7.23. The van der Waals surface area contributed by atoms with Crippen molar-refractivity contribution in [3.05, 3.63) is 42.5 Å². The highest BCUT2D eigenvalue weighted by Gasteiger charge is 2.26. The van der Waals surface area contributed by atoms with E-state index in [9.17, 15) is 8.42 Å². The molecule has 1 aliphatic rings. The fourth-order valence-electron chi connectivity index (χ4n) is 2.87. The number of hydrogen-bond donors (Lipinski definition) is 1. The summed E-state index contributed by atoms with van der Waals surface area (Å²) in [6.45, 7) is 5.66. The Labute approximate surface area is 148 Å². The van der Waals surface area contributed by atoms with Gasteiger partial charge in [0, 0.05) is 43.8 Å². The van der Waals surface area contributed by atoms with Crippen LogP contribution in [0.2, 0.25) is 0 Å². The maximum absolute atomic E-state index is 12.6. The van der Waals surface area contributed by atoms with Crippen LogP contribution in [0.4, 0.5) is 0 Å². The van der Waals surface area contributed by atoms with Crippen LogP contribution in [0.25, 0.3) is 0 Å². The average Bonchev–Trinajstić information content (AvgIpc) is 3.13. The molecule has 3 rings (SSSR count). The van der Waals surface area contributed by atoms with E-state index in [4.69, 9.17) is 4.74 Å². The van der Waals surface area contributed by atoms with E-state index in [1.165, 1.54) is 6.20 Å². The van der Waals surface area contributed by atoms with Crippen LogP contribution >= 0.6 is 0 Å². The van der Waals surface area contributed by atoms with Crippen LogP contribution in [0.5, 0.6) is 0 Å². The first kappa shape index (κ1) is 18.0. The van der Waals surface area contributed by atoms with Crippen molar-refractivity contribution in [2.45, 2.75) is 43.0 Å². The Bertz CT molecular complexity index is 796. The standard InChI is InChI=1S/C17H24N4O3S/c1-17(2,14-3-7-18-8-4-14)13-20-25(22,23)16-11-19-21(12-16)15-5-9-24-10-6-15/h3-4,7-8,11-12,15,20H,5-6,9-10,13H2,1-2H3. The molecule has 0 saturated carbocycles. The molecule has 1 N–H and O–H groups in total. The van der Waals surface area contributed by atoms with Gasteiger partial charge in [0.25, 0.3) is 0 Å². The fraction of sp³-hybridized carbons (Fsp3) is 0.529. The summed E-state index contributed by atoms with van der Waals surface area (Å²) in [5.74, 6) is 0. The van der Waals surface area contributed by atoms with E-state index in [-0.39, 0.29) is 16.4 Å². The van der Waals surface area contributed by atoms with Crippen molar-refractivity contribution >= 4 is 10.0 Å². The van der Waals surface area contributed by atoms with Gasteiger partial charge < -0.3 is 4.74 Å². The molecule has 0 radical (unpaired) electrons. The zero-order valence-electron chi connectivity index (χ0n) is 14.6. The van der Waals surface area contributed by atoms with Crippen LogP contribution in [-0.4, -0.2) is 42.9 Å². The van der Waals surface area contributed by atoms with Crippen molar-refractivity contribution < 1.29 is 13.2 Å². The van der Waals surface area contributed by atoms with Crippen LogP contribution in [0.1, 0.15) is 38.3 Å². The van der Waals surface area contributed by atoms with E-state index < -0.39 is 10.0 Å². The minimum atomic E-state index is -3.60. The minimum absolute atomic E-state index is 0.199. The summed E-state index contributed by atoms with van der Waals surface area (Å²) in [7, 11) is -3.60. The van der Waals surface area contributed by atoms with Gasteiger partial charge in [-0.25, -0.2) is 13.1 Å². The van der Waals surface area contributed by atoms with Gasteiger partial charge in [0.2, 0.25) is 10.0 Å². The molecule has 7 nitrogen and oxygen atoms in total. The van der Waals surface area contributed by atoms with Gasteiger partial charge in [-0.1, -0.05) is 13.8 Å². The highest BCUT2D eigenvalue weighted by atomic mass is 32.2. The summed E-state index contributed by atoms with van der Waals surface area (Å²) in [5, 5.41) is 4.24. The highest BCUT2D eigenvalue weighted by Crippen LogP contribution is 2.23. The summed E-state index contributed by atoms with van der Waals surface area (Å²) < 4.78 is 35.0. The molecule has 8 heteroatoms. The number of rotatable bonds is 6. The van der Waals surface area contributed by atoms with Crippen molar-refractivity contribution in [2.24, 2.45) is 0 Å². The summed E-state index contributed by atoms with van der Waals surface area (Å²) >= 11 is 0. The van der Waals surface area contributed by atoms with Gasteiger partial charge in [0.1, 0.15) is 4.90 Å². The largest absolute Gasteiger partial charge is 0.381 e. The maximum atomic E-state index is 12.6. The van der Waals surface area contributed by atoms with E-state index >= 15 is 0 Å². The van der Waals surface area contributed by atoms with Crippen molar-refractivity contribution in [2.75, 3.05) is 19.8 Å². The Morgan fingerprint density at radius 2 is 1.96 bits per heavy atom. The zero-order chi connectivity index (χ0) is 17.9. The van der Waals surface area contributed by atoms with Gasteiger partial charge in [0.15, 0.2) is 0 Å². The van der Waals surface area contributed by atoms with Crippen LogP contribution in [0.15, 0.2) is 41.8 Å². The van der Waals surface area contributed by atoms with Crippen LogP contribution < -0.4 is 4.72 Å². The summed E-state index contributed by atoms with van der Waals surface area (Å²) in [6, 6.07) is 4.00. The first-order chi connectivity index (χ1) is 11.9. The van der Waals surface area contributed by atoms with Crippen LogP contribution in [0.3, 0.4) is 0 Å². The van der Waals surface area contributed by atoms with Gasteiger partial charge in [-0.15, -0.1) is 0 Å². The molecule has 0 aromatic carbocycles. The second-order valence-electron chi connectivity index (χ2n) is 6.94. The molecule has 2 aromatic heterocycles. The van der Waals surface area contributed by atoms with Crippen molar-refractivity contribution in [1.29, 1.82) is 0 Å². The molecule has 25 heavy (non-hydrogen) atoms. The number of pyridine rings is 1. The number of ether oxygens (including phenoxy) is 1. The minimum Gasteiger partial charge on any atom is -0.381 e. The molecule has 0 atom stereocenters. The highest BCUT2D eigenvalue weighted by molar-refractivity contribution is 7.89. The van der Waals surface area contributed by atoms with E-state index in [1.807, 2.05) is 26.0 Å². The molecule has 1 fully saturated rings. The lowest BCUT2D eigenvalue weighted by molar-refractivity contribution is 0.0662. The van der Waals surface area contributed by atoms with Gasteiger partial charge in [-0.3, -0.25) is 9.67 Å². The lowest BCUT2D eigenvalue weighted by Gasteiger charge is -2.25. The molecule has 0 bridgehead atoms. The van der Waals surface area contributed by atoms with Crippen molar-refractivity contribution in [3.63, 3.8) is 0 Å². The number of hydrogen-bond acceptors (Lipinski definition) is 5. The molecule has 3 heterocycles. The monoisotopic (exact) mass is 364 g/mol. The van der Waals surface area contributed by atoms with Gasteiger partial charge in [-0.05, 0) is 30.5 Å². The Balaban J connectivity index is 1.69. The Kier molecular flexibility index (Phi) is 5.21. The Hall–Kier alpha value is -1.77. The fourth-order valence-corrected chi connectivity index (χ4v) is 4.02. The lowest BCUT2D eigenvalue weighted by atomic mass is 9.86. The second-order valence-corrected chi connectivity index (χ2v) is 8.71. The van der Waals surface area contributed by atoms with Crippen LogP contribution in [-0.2, 0) is 20.2 Å². The zero-order valence-corrected chi connectivity index (χ0v) is 15.4. The quantitative estimate of drug-likeness (QED) is 0.846. The molecule has 0 unspecified atom stereocenters. The number of nitrogens with zero attached hydrogens (tertiary/aromatic N) is 3. The predicted octanol–water partition coefficient (Wildman–Crippen LogP) is 1.89. The third kappa shape index (κ3) is 4.26. The first-order valence-corrected chi connectivity index (χ1v) is 9.89. The Morgan fingerprint density at radius 1 is 1.28 bits per heavy atom. The SMILES string of the molecule is CC(C)(CNS(=O)(=O)c1cnn(C2CCOCC2)c1)c1ccncc1. The molecule has 1 aliphatic heterocycles. The summed E-state index contributed by atoms with van der Waals surface area (Å²) in [5.41, 5.74) is 0.690.